The van der Waals surface area contributed by atoms with Crippen LogP contribution >= 0.6 is 0 Å². The maximum absolute atomic E-state index is 6.03. The Hall–Kier alpha value is -3.02. The van der Waals surface area contributed by atoms with E-state index in [0.717, 1.165) is 18.2 Å². The van der Waals surface area contributed by atoms with Crippen LogP contribution in [-0.4, -0.2) is 34.4 Å². The van der Waals surface area contributed by atoms with Gasteiger partial charge in [0.1, 0.15) is 5.84 Å². The highest BCUT2D eigenvalue weighted by Gasteiger charge is 2.10. The predicted octanol–water partition coefficient (Wildman–Crippen LogP) is -0.285. The molecule has 0 radical (unpaired) electrons. The fourth-order valence-electron chi connectivity index (χ4n) is 2.38. The first-order chi connectivity index (χ1) is 11.3. The molecule has 3 N–H and O–H groups in total. The van der Waals surface area contributed by atoms with Gasteiger partial charge in [0.15, 0.2) is 5.48 Å². The van der Waals surface area contributed by atoms with Gasteiger partial charge in [-0.05, 0) is 36.4 Å². The summed E-state index contributed by atoms with van der Waals surface area (Å²) in [5.74, 6) is 0.367. The molecule has 0 aliphatic carbocycles. The van der Waals surface area contributed by atoms with Crippen LogP contribution in [0.2, 0.25) is 0 Å². The average Bonchev–Trinajstić information content (AvgIpc) is 2.64. The minimum absolute atomic E-state index is 0.367. The van der Waals surface area contributed by atoms with E-state index in [2.05, 4.69) is 25.3 Å². The van der Waals surface area contributed by atoms with Gasteiger partial charge >= 0.3 is 0 Å². The fraction of sp³-hybridized carbons (Fsp3) is 0.176. The van der Waals surface area contributed by atoms with Gasteiger partial charge in [0, 0.05) is 37.4 Å². The molecule has 2 aromatic rings. The van der Waals surface area contributed by atoms with Gasteiger partial charge in [-0.2, -0.15) is 0 Å². The summed E-state index contributed by atoms with van der Waals surface area (Å²) < 4.78 is 0. The topological polar surface area (TPSA) is 89.1 Å². The lowest BCUT2D eigenvalue weighted by molar-refractivity contribution is 0.839. The molecule has 116 valence electrons. The second-order valence-electron chi connectivity index (χ2n) is 5.06. The van der Waals surface area contributed by atoms with Crippen LogP contribution < -0.4 is 21.7 Å². The second-order valence-corrected chi connectivity index (χ2v) is 5.06. The van der Waals surface area contributed by atoms with Crippen molar-refractivity contribution in [2.45, 2.75) is 6.42 Å². The van der Waals surface area contributed by atoms with Crippen LogP contribution in [0.4, 0.5) is 0 Å². The van der Waals surface area contributed by atoms with Crippen molar-refractivity contribution in [1.82, 2.24) is 20.3 Å². The molecular formula is C17H18N6. The van der Waals surface area contributed by atoms with E-state index in [1.165, 1.54) is 5.57 Å². The lowest BCUT2D eigenvalue weighted by Crippen LogP contribution is -2.29. The third-order valence-electron chi connectivity index (χ3n) is 3.61. The Labute approximate surface area is 134 Å². The number of nitrogens with two attached hydrogens (primary N) is 1. The molecule has 0 saturated carbocycles. The van der Waals surface area contributed by atoms with Gasteiger partial charge in [0.25, 0.3) is 0 Å². The van der Waals surface area contributed by atoms with Crippen LogP contribution in [0.15, 0.2) is 54.1 Å². The van der Waals surface area contributed by atoms with Gasteiger partial charge in [-0.25, -0.2) is 9.97 Å². The van der Waals surface area contributed by atoms with Crippen molar-refractivity contribution < 1.29 is 0 Å². The number of nitrogens with one attached hydrogen (secondary N) is 1. The van der Waals surface area contributed by atoms with E-state index in [9.17, 15) is 0 Å². The summed E-state index contributed by atoms with van der Waals surface area (Å²) >= 11 is 0. The lowest BCUT2D eigenvalue weighted by Gasteiger charge is -2.09. The van der Waals surface area contributed by atoms with Crippen molar-refractivity contribution in [2.24, 2.45) is 10.7 Å². The first-order valence-electron chi connectivity index (χ1n) is 7.39. The van der Waals surface area contributed by atoms with E-state index in [-0.39, 0.29) is 0 Å². The van der Waals surface area contributed by atoms with E-state index in [1.54, 1.807) is 13.2 Å². The van der Waals surface area contributed by atoms with Crippen molar-refractivity contribution in [1.29, 1.82) is 0 Å². The Morgan fingerprint density at radius 2 is 2.04 bits per heavy atom. The number of nitrogens with zero attached hydrogens (tertiary/aromatic N) is 4. The first kappa shape index (κ1) is 14.9. The number of aliphatic imine (C=N–C) groups is 1. The molecule has 1 aliphatic heterocycles. The summed E-state index contributed by atoms with van der Waals surface area (Å²) in [4.78, 5) is 17.4. The van der Waals surface area contributed by atoms with Crippen molar-refractivity contribution >= 4 is 17.0 Å². The van der Waals surface area contributed by atoms with E-state index in [0.29, 0.717) is 22.6 Å². The highest BCUT2D eigenvalue weighted by Crippen LogP contribution is 2.07. The summed E-state index contributed by atoms with van der Waals surface area (Å²) in [6.07, 6.45) is 10.3. The molecule has 6 nitrogen and oxygen atoms in total. The molecule has 0 atom stereocenters. The fourth-order valence-corrected chi connectivity index (χ4v) is 2.38. The molecule has 6 heteroatoms. The van der Waals surface area contributed by atoms with Crippen molar-refractivity contribution in [2.75, 3.05) is 13.6 Å². The molecular weight excluding hydrogens is 288 g/mol. The molecule has 3 heterocycles. The normalized spacial score (nSPS) is 14.5. The lowest BCUT2D eigenvalue weighted by atomic mass is 10.1. The molecule has 0 unspecified atom stereocenters. The van der Waals surface area contributed by atoms with Gasteiger partial charge in [-0.3, -0.25) is 9.98 Å². The summed E-state index contributed by atoms with van der Waals surface area (Å²) in [6.45, 7) is 0.925. The van der Waals surface area contributed by atoms with E-state index >= 15 is 0 Å². The summed E-state index contributed by atoms with van der Waals surface area (Å²) in [7, 11) is 1.64. The van der Waals surface area contributed by atoms with Crippen LogP contribution in [-0.2, 0) is 0 Å². The molecule has 0 bridgehead atoms. The third-order valence-corrected chi connectivity index (χ3v) is 3.61. The Morgan fingerprint density at radius 1 is 1.22 bits per heavy atom. The quantitative estimate of drug-likeness (QED) is 0.588. The summed E-state index contributed by atoms with van der Waals surface area (Å²) in [5.41, 5.74) is 9.12. The van der Waals surface area contributed by atoms with Crippen LogP contribution in [0, 0.1) is 0 Å². The van der Waals surface area contributed by atoms with E-state index in [4.69, 9.17) is 5.73 Å². The van der Waals surface area contributed by atoms with Crippen molar-refractivity contribution in [3.8, 4) is 0 Å². The number of aromatic nitrogens is 3. The van der Waals surface area contributed by atoms with Crippen LogP contribution in [0.5, 0.6) is 0 Å². The molecule has 1 aliphatic rings. The minimum atomic E-state index is 0.367. The van der Waals surface area contributed by atoms with Gasteiger partial charge in [-0.1, -0.05) is 6.07 Å². The zero-order valence-electron chi connectivity index (χ0n) is 12.9. The van der Waals surface area contributed by atoms with Gasteiger partial charge in [-0.15, -0.1) is 0 Å². The molecule has 0 amide bonds. The van der Waals surface area contributed by atoms with E-state index in [1.807, 2.05) is 42.9 Å². The van der Waals surface area contributed by atoms with Gasteiger partial charge in [0.05, 0.1) is 11.3 Å². The number of pyridine rings is 1. The number of hydrogen-bond acceptors (Lipinski definition) is 5. The number of allylic oxidation sites excluding steroid dienone is 1. The number of amidine groups is 1. The second kappa shape index (κ2) is 6.83. The minimum Gasteiger partial charge on any atom is -0.391 e. The summed E-state index contributed by atoms with van der Waals surface area (Å²) in [6, 6.07) is 5.62. The Balaban J connectivity index is 2.18. The largest absolute Gasteiger partial charge is 0.391 e. The maximum atomic E-state index is 6.03. The molecule has 0 aromatic carbocycles. The average molecular weight is 306 g/mol. The van der Waals surface area contributed by atoms with Gasteiger partial charge in [0.2, 0.25) is 0 Å². The van der Waals surface area contributed by atoms with Crippen LogP contribution in [0.3, 0.4) is 0 Å². The van der Waals surface area contributed by atoms with E-state index < -0.39 is 0 Å². The Kier molecular flexibility index (Phi) is 4.42. The molecule has 23 heavy (non-hydrogen) atoms. The SMILES string of the molecule is CN=C(N)C(c1ccccn1)=c1ncc(=C2C=CNCC2)cn1. The molecule has 0 fully saturated rings. The number of hydrogen-bond donors (Lipinski definition) is 2. The maximum Gasteiger partial charge on any atom is 0.165 e. The highest BCUT2D eigenvalue weighted by atomic mass is 14.9. The zero-order chi connectivity index (χ0) is 16.1. The summed E-state index contributed by atoms with van der Waals surface area (Å²) in [5, 5.41) is 4.18. The molecule has 0 saturated heterocycles. The third kappa shape index (κ3) is 3.26. The molecule has 2 aromatic heterocycles. The standard InChI is InChI=1S/C17H18N6/c1-19-16(18)15(14-4-2-3-7-21-14)17-22-10-13(11-23-17)12-5-8-20-9-6-12/h2-5,7-8,10-11,20H,6,9H2,1H3,(H2,18,19). The van der Waals surface area contributed by atoms with Crippen LogP contribution in [0.25, 0.3) is 11.1 Å². The van der Waals surface area contributed by atoms with Crippen LogP contribution in [0.1, 0.15) is 12.1 Å². The smallest absolute Gasteiger partial charge is 0.165 e. The number of rotatable bonds is 2. The first-order valence-corrected chi connectivity index (χ1v) is 7.39. The van der Waals surface area contributed by atoms with Crippen molar-refractivity contribution in [3.05, 3.63) is 65.5 Å². The molecule has 3 rings (SSSR count). The Bertz CT molecular complexity index is 844. The van der Waals surface area contributed by atoms with Crippen molar-refractivity contribution in [3.63, 3.8) is 0 Å². The highest BCUT2D eigenvalue weighted by molar-refractivity contribution is 6.20. The Morgan fingerprint density at radius 3 is 2.65 bits per heavy atom. The molecule has 0 spiro atoms. The zero-order valence-corrected chi connectivity index (χ0v) is 12.9. The monoisotopic (exact) mass is 306 g/mol. The predicted molar refractivity (Wildman–Crippen MR) is 90.7 cm³/mol. The van der Waals surface area contributed by atoms with Gasteiger partial charge < -0.3 is 11.1 Å².